The van der Waals surface area contributed by atoms with Gasteiger partial charge in [-0.2, -0.15) is 0 Å². The van der Waals surface area contributed by atoms with Crippen LogP contribution in [-0.4, -0.2) is 19.8 Å². The van der Waals surface area contributed by atoms with Gasteiger partial charge in [0.1, 0.15) is 0 Å². The standard InChI is InChI=1S/C13H14BrN3O2/c1-13(2,14)11(18)16-9-3-5-10(6-4-9)17-8-7-15-12(17)19/h3-8H,1-2H3,(H,15,19)(H,16,18). The van der Waals surface area contributed by atoms with Crippen molar-refractivity contribution >= 4 is 27.5 Å². The molecule has 2 aromatic rings. The van der Waals surface area contributed by atoms with E-state index in [9.17, 15) is 9.59 Å². The molecule has 0 aliphatic heterocycles. The number of aromatic amines is 1. The molecule has 1 heterocycles. The molecule has 1 aromatic carbocycles. The Morgan fingerprint density at radius 2 is 1.95 bits per heavy atom. The van der Waals surface area contributed by atoms with Crippen molar-refractivity contribution in [3.05, 3.63) is 47.1 Å². The van der Waals surface area contributed by atoms with Gasteiger partial charge >= 0.3 is 5.69 Å². The number of carbonyl (C=O) groups excluding carboxylic acids is 1. The van der Waals surface area contributed by atoms with Crippen LogP contribution in [0.4, 0.5) is 5.69 Å². The predicted molar refractivity (Wildman–Crippen MR) is 78.0 cm³/mol. The Kier molecular flexibility index (Phi) is 3.61. The molecular formula is C13H14BrN3O2. The highest BCUT2D eigenvalue weighted by Gasteiger charge is 2.23. The summed E-state index contributed by atoms with van der Waals surface area (Å²) in [7, 11) is 0. The van der Waals surface area contributed by atoms with E-state index in [0.717, 1.165) is 5.69 Å². The molecule has 0 aliphatic carbocycles. The first-order chi connectivity index (χ1) is 8.88. The van der Waals surface area contributed by atoms with Gasteiger partial charge < -0.3 is 10.3 Å². The van der Waals surface area contributed by atoms with Gasteiger partial charge in [-0.1, -0.05) is 15.9 Å². The minimum atomic E-state index is -0.622. The van der Waals surface area contributed by atoms with Gasteiger partial charge in [-0.3, -0.25) is 9.36 Å². The van der Waals surface area contributed by atoms with Crippen molar-refractivity contribution in [1.29, 1.82) is 0 Å². The van der Waals surface area contributed by atoms with Crippen LogP contribution in [0.2, 0.25) is 0 Å². The van der Waals surface area contributed by atoms with Crippen LogP contribution >= 0.6 is 15.9 Å². The molecule has 2 rings (SSSR count). The van der Waals surface area contributed by atoms with Crippen LogP contribution in [0.1, 0.15) is 13.8 Å². The average Bonchev–Trinajstić information content (AvgIpc) is 2.75. The number of nitrogens with one attached hydrogen (secondary N) is 2. The Morgan fingerprint density at radius 3 is 2.42 bits per heavy atom. The fourth-order valence-electron chi connectivity index (χ4n) is 1.51. The van der Waals surface area contributed by atoms with E-state index in [1.165, 1.54) is 4.57 Å². The normalized spacial score (nSPS) is 11.3. The summed E-state index contributed by atoms with van der Waals surface area (Å²) in [6.07, 6.45) is 3.23. The lowest BCUT2D eigenvalue weighted by molar-refractivity contribution is -0.117. The quantitative estimate of drug-likeness (QED) is 0.851. The zero-order valence-electron chi connectivity index (χ0n) is 10.6. The van der Waals surface area contributed by atoms with Crippen molar-refractivity contribution in [2.75, 3.05) is 5.32 Å². The number of alkyl halides is 1. The summed E-state index contributed by atoms with van der Waals surface area (Å²) < 4.78 is 0.864. The van der Waals surface area contributed by atoms with Gasteiger partial charge in [0, 0.05) is 18.1 Å². The summed E-state index contributed by atoms with van der Waals surface area (Å²) in [5, 5.41) is 2.79. The number of nitrogens with zero attached hydrogens (tertiary/aromatic N) is 1. The third kappa shape index (κ3) is 3.14. The van der Waals surface area contributed by atoms with E-state index >= 15 is 0 Å². The van der Waals surface area contributed by atoms with Gasteiger partial charge in [-0.25, -0.2) is 4.79 Å². The molecule has 6 heteroatoms. The number of H-pyrrole nitrogens is 1. The van der Waals surface area contributed by atoms with Crippen molar-refractivity contribution in [1.82, 2.24) is 9.55 Å². The molecule has 100 valence electrons. The molecule has 0 saturated carbocycles. The third-order valence-corrected chi connectivity index (χ3v) is 2.95. The SMILES string of the molecule is CC(C)(Br)C(=O)Nc1ccc(-n2cc[nH]c2=O)cc1. The molecule has 5 nitrogen and oxygen atoms in total. The maximum atomic E-state index is 11.8. The molecule has 0 bridgehead atoms. The highest BCUT2D eigenvalue weighted by Crippen LogP contribution is 2.19. The fourth-order valence-corrected chi connectivity index (χ4v) is 1.61. The van der Waals surface area contributed by atoms with Gasteiger partial charge in [-0.15, -0.1) is 0 Å². The predicted octanol–water partition coefficient (Wildman–Crippen LogP) is 2.28. The molecule has 0 spiro atoms. The number of halogens is 1. The molecule has 19 heavy (non-hydrogen) atoms. The molecule has 0 atom stereocenters. The van der Waals surface area contributed by atoms with Crippen molar-refractivity contribution < 1.29 is 4.79 Å². The molecule has 0 radical (unpaired) electrons. The minimum absolute atomic E-state index is 0.126. The number of carbonyl (C=O) groups is 1. The Labute approximate surface area is 118 Å². The highest BCUT2D eigenvalue weighted by atomic mass is 79.9. The Balaban J connectivity index is 2.18. The fraction of sp³-hybridized carbons (Fsp3) is 0.231. The van der Waals surface area contributed by atoms with E-state index in [-0.39, 0.29) is 11.6 Å². The lowest BCUT2D eigenvalue weighted by atomic mass is 10.2. The molecule has 1 amide bonds. The Bertz CT molecular complexity index is 635. The minimum Gasteiger partial charge on any atom is -0.325 e. The first-order valence-electron chi connectivity index (χ1n) is 5.75. The van der Waals surface area contributed by atoms with Gasteiger partial charge in [0.2, 0.25) is 5.91 Å². The van der Waals surface area contributed by atoms with Crippen LogP contribution in [0.15, 0.2) is 41.5 Å². The van der Waals surface area contributed by atoms with E-state index in [2.05, 4.69) is 26.2 Å². The molecule has 0 saturated heterocycles. The molecule has 0 aliphatic rings. The van der Waals surface area contributed by atoms with Crippen molar-refractivity contribution in [2.24, 2.45) is 0 Å². The van der Waals surface area contributed by atoms with Gasteiger partial charge in [0.15, 0.2) is 0 Å². The molecular weight excluding hydrogens is 310 g/mol. The molecule has 1 aromatic heterocycles. The summed E-state index contributed by atoms with van der Waals surface area (Å²) in [4.78, 5) is 25.8. The van der Waals surface area contributed by atoms with Gasteiger partial charge in [0.05, 0.1) is 10.0 Å². The summed E-state index contributed by atoms with van der Waals surface area (Å²) >= 11 is 3.30. The maximum absolute atomic E-state index is 11.8. The Hall–Kier alpha value is -1.82. The smallest absolute Gasteiger partial charge is 0.325 e. The second kappa shape index (κ2) is 5.05. The summed E-state index contributed by atoms with van der Waals surface area (Å²) in [6, 6.07) is 7.05. The van der Waals surface area contributed by atoms with E-state index in [1.807, 2.05) is 0 Å². The van der Waals surface area contributed by atoms with Crippen molar-refractivity contribution in [2.45, 2.75) is 18.2 Å². The topological polar surface area (TPSA) is 66.9 Å². The zero-order chi connectivity index (χ0) is 14.0. The largest absolute Gasteiger partial charge is 0.330 e. The van der Waals surface area contributed by atoms with Crippen LogP contribution in [0.25, 0.3) is 5.69 Å². The number of hydrogen-bond donors (Lipinski definition) is 2. The average molecular weight is 324 g/mol. The Morgan fingerprint density at radius 1 is 1.32 bits per heavy atom. The molecule has 2 N–H and O–H groups in total. The number of amides is 1. The van der Waals surface area contributed by atoms with E-state index in [0.29, 0.717) is 5.69 Å². The summed E-state index contributed by atoms with van der Waals surface area (Å²) in [5.41, 5.74) is 1.23. The van der Waals surface area contributed by atoms with E-state index in [4.69, 9.17) is 0 Å². The maximum Gasteiger partial charge on any atom is 0.330 e. The third-order valence-electron chi connectivity index (χ3n) is 2.59. The summed E-state index contributed by atoms with van der Waals surface area (Å²) in [6.45, 7) is 3.55. The lowest BCUT2D eigenvalue weighted by Gasteiger charge is -2.16. The van der Waals surface area contributed by atoms with E-state index < -0.39 is 4.32 Å². The van der Waals surface area contributed by atoms with Gasteiger partial charge in [-0.05, 0) is 38.1 Å². The monoisotopic (exact) mass is 323 g/mol. The molecule has 0 unspecified atom stereocenters. The first kappa shape index (κ1) is 13.6. The van der Waals surface area contributed by atoms with Crippen LogP contribution in [0.5, 0.6) is 0 Å². The number of rotatable bonds is 3. The lowest BCUT2D eigenvalue weighted by Crippen LogP contribution is -2.30. The zero-order valence-corrected chi connectivity index (χ0v) is 12.2. The number of imidazole rings is 1. The molecule has 0 fully saturated rings. The second-order valence-corrected chi connectivity index (χ2v) is 6.59. The number of benzene rings is 1. The number of aromatic nitrogens is 2. The van der Waals surface area contributed by atoms with Crippen molar-refractivity contribution in [3.8, 4) is 5.69 Å². The number of hydrogen-bond acceptors (Lipinski definition) is 2. The van der Waals surface area contributed by atoms with Crippen LogP contribution < -0.4 is 11.0 Å². The second-order valence-electron chi connectivity index (χ2n) is 4.61. The summed E-state index contributed by atoms with van der Waals surface area (Å²) in [5.74, 6) is -0.126. The van der Waals surface area contributed by atoms with E-state index in [1.54, 1.807) is 50.5 Å². The first-order valence-corrected chi connectivity index (χ1v) is 6.54. The van der Waals surface area contributed by atoms with Crippen molar-refractivity contribution in [3.63, 3.8) is 0 Å². The van der Waals surface area contributed by atoms with Gasteiger partial charge in [0.25, 0.3) is 0 Å². The van der Waals surface area contributed by atoms with Crippen LogP contribution in [-0.2, 0) is 4.79 Å². The number of anilines is 1. The highest BCUT2D eigenvalue weighted by molar-refractivity contribution is 9.10. The van der Waals surface area contributed by atoms with Crippen LogP contribution in [0.3, 0.4) is 0 Å². The van der Waals surface area contributed by atoms with Crippen LogP contribution in [0, 0.1) is 0 Å².